The number of carbonyl (C=O) groups is 1. The molecule has 0 aromatic rings. The van der Waals surface area contributed by atoms with Crippen molar-refractivity contribution in [3.05, 3.63) is 24.3 Å². The zero-order valence-corrected chi connectivity index (χ0v) is 15.8. The molecule has 130 valence electrons. The van der Waals surface area contributed by atoms with Gasteiger partial charge in [0.15, 0.2) is 5.79 Å². The van der Waals surface area contributed by atoms with Gasteiger partial charge in [0.05, 0.1) is 18.2 Å². The summed E-state index contributed by atoms with van der Waals surface area (Å²) in [5.41, 5.74) is 0.485. The lowest BCUT2D eigenvalue weighted by molar-refractivity contribution is -0.148. The minimum atomic E-state index is -2.02. The van der Waals surface area contributed by atoms with Gasteiger partial charge in [0.1, 0.15) is 0 Å². The van der Waals surface area contributed by atoms with Crippen molar-refractivity contribution >= 4 is 40.7 Å². The molecule has 1 aliphatic carbocycles. The van der Waals surface area contributed by atoms with Crippen LogP contribution in [0.2, 0.25) is 0 Å². The summed E-state index contributed by atoms with van der Waals surface area (Å²) in [6, 6.07) is 0. The van der Waals surface area contributed by atoms with Gasteiger partial charge < -0.3 is 14.8 Å². The number of rotatable bonds is 3. The fourth-order valence-electron chi connectivity index (χ4n) is 3.20. The molecule has 4 nitrogen and oxygen atoms in total. The molecule has 2 aliphatic rings. The summed E-state index contributed by atoms with van der Waals surface area (Å²) in [7, 11) is 0. The van der Waals surface area contributed by atoms with Crippen LogP contribution in [0.5, 0.6) is 0 Å². The molecule has 0 aromatic carbocycles. The summed E-state index contributed by atoms with van der Waals surface area (Å²) >= 11 is 17.1. The molecule has 1 amide bonds. The molecule has 0 unspecified atom stereocenters. The van der Waals surface area contributed by atoms with Crippen molar-refractivity contribution < 1.29 is 14.3 Å². The van der Waals surface area contributed by atoms with E-state index in [0.717, 1.165) is 6.42 Å². The molecule has 7 heteroatoms. The Morgan fingerprint density at radius 3 is 2.61 bits per heavy atom. The molecule has 1 heterocycles. The van der Waals surface area contributed by atoms with Crippen molar-refractivity contribution in [2.75, 3.05) is 6.61 Å². The van der Waals surface area contributed by atoms with E-state index >= 15 is 0 Å². The summed E-state index contributed by atoms with van der Waals surface area (Å²) in [4.78, 5) is 12.2. The van der Waals surface area contributed by atoms with Crippen molar-refractivity contribution in [2.24, 2.45) is 5.92 Å². The molecule has 2 rings (SSSR count). The number of hydrogen-bond acceptors (Lipinski definition) is 3. The van der Waals surface area contributed by atoms with Gasteiger partial charge in [0, 0.05) is 5.92 Å². The molecular weight excluding hydrogens is 361 g/mol. The zero-order chi connectivity index (χ0) is 17.5. The third kappa shape index (κ3) is 4.23. The molecule has 0 spiro atoms. The van der Waals surface area contributed by atoms with E-state index in [2.05, 4.69) is 24.9 Å². The molecule has 1 saturated heterocycles. The SMILES string of the molecule is C=C[C@]1(NC(=O)C(Cl)(Cl)Cl)CC=C(C)C[C@@H]1[C@H]1COC(C)(C)O1. The Labute approximate surface area is 152 Å². The molecule has 23 heavy (non-hydrogen) atoms. The van der Waals surface area contributed by atoms with E-state index in [4.69, 9.17) is 44.3 Å². The number of amides is 1. The van der Waals surface area contributed by atoms with Gasteiger partial charge >= 0.3 is 0 Å². The van der Waals surface area contributed by atoms with Crippen LogP contribution in [0.3, 0.4) is 0 Å². The van der Waals surface area contributed by atoms with E-state index < -0.39 is 21.0 Å². The van der Waals surface area contributed by atoms with Crippen LogP contribution >= 0.6 is 34.8 Å². The van der Waals surface area contributed by atoms with Crippen LogP contribution in [-0.4, -0.2) is 33.7 Å². The first-order chi connectivity index (χ1) is 10.5. The highest BCUT2D eigenvalue weighted by Crippen LogP contribution is 2.42. The molecule has 0 saturated carbocycles. The number of carbonyl (C=O) groups excluding carboxylic acids is 1. The Hall–Kier alpha value is -0.260. The molecule has 3 atom stereocenters. The number of ether oxygens (including phenoxy) is 2. The standard InChI is InChI=1S/C16H22Cl3NO3/c1-5-15(20-13(21)16(17,18)19)7-6-10(2)8-11(15)12-9-22-14(3,4)23-12/h5-6,11-12H,1,7-9H2,2-4H3,(H,20,21)/t11-,12-,15+/m1/s1. The molecule has 0 radical (unpaired) electrons. The van der Waals surface area contributed by atoms with E-state index in [-0.39, 0.29) is 12.0 Å². The maximum atomic E-state index is 12.2. The molecule has 1 aliphatic heterocycles. The Bertz CT molecular complexity index is 527. The highest BCUT2D eigenvalue weighted by molar-refractivity contribution is 6.76. The Kier molecular flexibility index (Phi) is 5.44. The number of nitrogens with one attached hydrogen (secondary N) is 1. The van der Waals surface area contributed by atoms with Gasteiger partial charge in [-0.3, -0.25) is 4.79 Å². The van der Waals surface area contributed by atoms with Gasteiger partial charge in [-0.25, -0.2) is 0 Å². The Morgan fingerprint density at radius 2 is 2.13 bits per heavy atom. The fourth-order valence-corrected chi connectivity index (χ4v) is 3.34. The van der Waals surface area contributed by atoms with Gasteiger partial charge in [-0.2, -0.15) is 0 Å². The smallest absolute Gasteiger partial charge is 0.272 e. The molecule has 1 fully saturated rings. The van der Waals surface area contributed by atoms with Crippen molar-refractivity contribution in [1.82, 2.24) is 5.32 Å². The summed E-state index contributed by atoms with van der Waals surface area (Å²) in [5.74, 6) is -1.37. The van der Waals surface area contributed by atoms with Crippen molar-refractivity contribution in [3.8, 4) is 0 Å². The van der Waals surface area contributed by atoms with Gasteiger partial charge in [-0.05, 0) is 33.6 Å². The predicted molar refractivity (Wildman–Crippen MR) is 92.7 cm³/mol. The molecule has 0 aromatic heterocycles. The van der Waals surface area contributed by atoms with E-state index in [1.807, 2.05) is 13.8 Å². The van der Waals surface area contributed by atoms with Crippen LogP contribution in [0.4, 0.5) is 0 Å². The van der Waals surface area contributed by atoms with Gasteiger partial charge in [-0.15, -0.1) is 6.58 Å². The normalized spacial score (nSPS) is 33.9. The highest BCUT2D eigenvalue weighted by Gasteiger charge is 2.49. The summed E-state index contributed by atoms with van der Waals surface area (Å²) in [6.07, 6.45) is 4.92. The average Bonchev–Trinajstić information content (AvgIpc) is 2.80. The quantitative estimate of drug-likeness (QED) is 0.595. The first-order valence-electron chi connectivity index (χ1n) is 7.49. The van der Waals surface area contributed by atoms with Gasteiger partial charge in [0.2, 0.25) is 0 Å². The maximum absolute atomic E-state index is 12.2. The number of allylic oxidation sites excluding steroid dienone is 1. The lowest BCUT2D eigenvalue weighted by atomic mass is 9.70. The highest BCUT2D eigenvalue weighted by atomic mass is 35.6. The summed E-state index contributed by atoms with van der Waals surface area (Å²) < 4.78 is 9.67. The van der Waals surface area contributed by atoms with E-state index in [1.54, 1.807) is 6.08 Å². The van der Waals surface area contributed by atoms with Crippen LogP contribution in [-0.2, 0) is 14.3 Å². The molecular formula is C16H22Cl3NO3. The summed E-state index contributed by atoms with van der Waals surface area (Å²) in [6.45, 7) is 10.1. The predicted octanol–water partition coefficient (Wildman–Crippen LogP) is 3.91. The van der Waals surface area contributed by atoms with E-state index in [1.165, 1.54) is 5.57 Å². The van der Waals surface area contributed by atoms with Crippen LogP contribution < -0.4 is 5.32 Å². The number of halogens is 3. The van der Waals surface area contributed by atoms with Crippen LogP contribution in [0.25, 0.3) is 0 Å². The fraction of sp³-hybridized carbons (Fsp3) is 0.688. The minimum Gasteiger partial charge on any atom is -0.348 e. The number of hydrogen-bond donors (Lipinski definition) is 1. The summed E-state index contributed by atoms with van der Waals surface area (Å²) in [5, 5.41) is 2.86. The van der Waals surface area contributed by atoms with Gasteiger partial charge in [-0.1, -0.05) is 52.5 Å². The first kappa shape index (κ1) is 19.1. The second-order valence-corrected chi connectivity index (χ2v) is 8.91. The van der Waals surface area contributed by atoms with E-state index in [0.29, 0.717) is 13.0 Å². The largest absolute Gasteiger partial charge is 0.348 e. The third-order valence-corrected chi connectivity index (χ3v) is 4.95. The second kappa shape index (κ2) is 6.57. The van der Waals surface area contributed by atoms with Crippen LogP contribution in [0.1, 0.15) is 33.6 Å². The lowest BCUT2D eigenvalue weighted by Crippen LogP contribution is -2.59. The van der Waals surface area contributed by atoms with Crippen LogP contribution in [0, 0.1) is 5.92 Å². The zero-order valence-electron chi connectivity index (χ0n) is 13.5. The lowest BCUT2D eigenvalue weighted by Gasteiger charge is -2.44. The molecule has 1 N–H and O–H groups in total. The second-order valence-electron chi connectivity index (χ2n) is 6.63. The van der Waals surface area contributed by atoms with Crippen molar-refractivity contribution in [3.63, 3.8) is 0 Å². The minimum absolute atomic E-state index is 0.0527. The first-order valence-corrected chi connectivity index (χ1v) is 8.63. The van der Waals surface area contributed by atoms with Gasteiger partial charge in [0.25, 0.3) is 9.70 Å². The van der Waals surface area contributed by atoms with Crippen molar-refractivity contribution in [1.29, 1.82) is 0 Å². The van der Waals surface area contributed by atoms with Crippen molar-refractivity contribution in [2.45, 2.75) is 54.8 Å². The third-order valence-electron chi connectivity index (χ3n) is 4.44. The monoisotopic (exact) mass is 381 g/mol. The van der Waals surface area contributed by atoms with E-state index in [9.17, 15) is 4.79 Å². The topological polar surface area (TPSA) is 47.6 Å². The molecule has 0 bridgehead atoms. The van der Waals surface area contributed by atoms with Crippen LogP contribution in [0.15, 0.2) is 24.3 Å². The Balaban J connectivity index is 2.30. The number of alkyl halides is 3. The Morgan fingerprint density at radius 1 is 1.48 bits per heavy atom. The average molecular weight is 383 g/mol. The maximum Gasteiger partial charge on any atom is 0.272 e.